The number of aryl methyl sites for hydroxylation is 1. The van der Waals surface area contributed by atoms with Gasteiger partial charge in [-0.05, 0) is 43.3 Å². The molecule has 0 saturated carbocycles. The molecule has 0 aliphatic heterocycles. The highest BCUT2D eigenvalue weighted by molar-refractivity contribution is 9.10. The molecule has 0 spiro atoms. The molecule has 3 aromatic heterocycles. The Morgan fingerprint density at radius 3 is 2.76 bits per heavy atom. The molecule has 164 valence electrons. The van der Waals surface area contributed by atoms with Gasteiger partial charge in [-0.3, -0.25) is 14.7 Å². The van der Waals surface area contributed by atoms with E-state index in [2.05, 4.69) is 26.1 Å². The van der Waals surface area contributed by atoms with Gasteiger partial charge in [0.25, 0.3) is 5.91 Å². The first-order valence-electron chi connectivity index (χ1n) is 10.0. The fourth-order valence-corrected chi connectivity index (χ4v) is 5.22. The number of carbonyl (C=O) groups excluding carboxylic acids is 1. The molecule has 0 fully saturated rings. The topological polar surface area (TPSA) is 72.1 Å². The maximum Gasteiger partial charge on any atom is 0.266 e. The van der Waals surface area contributed by atoms with Crippen molar-refractivity contribution in [2.45, 2.75) is 13.5 Å². The molecule has 0 atom stereocenters. The van der Waals surface area contributed by atoms with E-state index in [-0.39, 0.29) is 12.5 Å². The molecule has 0 aliphatic rings. The van der Waals surface area contributed by atoms with E-state index in [1.165, 1.54) is 11.3 Å². The third-order valence-electron chi connectivity index (χ3n) is 5.07. The lowest BCUT2D eigenvalue weighted by atomic mass is 10.0. The van der Waals surface area contributed by atoms with Crippen LogP contribution in [0.25, 0.3) is 21.5 Å². The summed E-state index contributed by atoms with van der Waals surface area (Å²) in [5, 5.41) is 5.21. The number of anilines is 1. The average molecular weight is 540 g/mol. The van der Waals surface area contributed by atoms with Crippen LogP contribution in [0.15, 0.2) is 75.9 Å². The van der Waals surface area contributed by atoms with Crippen LogP contribution < -0.4 is 4.90 Å². The molecule has 33 heavy (non-hydrogen) atoms. The van der Waals surface area contributed by atoms with Crippen LogP contribution in [-0.4, -0.2) is 21.0 Å². The molecule has 5 aromatic rings. The van der Waals surface area contributed by atoms with Crippen molar-refractivity contribution in [3.8, 4) is 11.3 Å². The molecule has 0 N–H and O–H groups in total. The van der Waals surface area contributed by atoms with Crippen LogP contribution in [0.4, 0.5) is 5.13 Å². The lowest BCUT2D eigenvalue weighted by molar-refractivity contribution is 0.0984. The first-order valence-corrected chi connectivity index (χ1v) is 12.0. The lowest BCUT2D eigenvalue weighted by Gasteiger charge is -2.19. The summed E-state index contributed by atoms with van der Waals surface area (Å²) in [7, 11) is 0. The van der Waals surface area contributed by atoms with Crippen LogP contribution in [0.3, 0.4) is 0 Å². The van der Waals surface area contributed by atoms with Crippen molar-refractivity contribution in [3.63, 3.8) is 0 Å². The fraction of sp³-hybridized carbons (Fsp3) is 0.0833. The van der Waals surface area contributed by atoms with E-state index in [4.69, 9.17) is 21.1 Å². The predicted octanol–water partition coefficient (Wildman–Crippen LogP) is 6.92. The molecule has 0 radical (unpaired) electrons. The first-order chi connectivity index (χ1) is 16.0. The molecular formula is C24H16BrClN4O2S. The summed E-state index contributed by atoms with van der Waals surface area (Å²) in [6, 6.07) is 18.7. The molecule has 0 unspecified atom stereocenters. The zero-order valence-corrected chi connectivity index (χ0v) is 20.5. The highest BCUT2D eigenvalue weighted by Crippen LogP contribution is 2.36. The second-order valence-electron chi connectivity index (χ2n) is 7.26. The molecule has 2 aromatic carbocycles. The molecule has 0 aliphatic carbocycles. The zero-order chi connectivity index (χ0) is 22.9. The van der Waals surface area contributed by atoms with Crippen molar-refractivity contribution >= 4 is 60.1 Å². The van der Waals surface area contributed by atoms with Gasteiger partial charge in [0, 0.05) is 16.2 Å². The minimum absolute atomic E-state index is 0.243. The summed E-state index contributed by atoms with van der Waals surface area (Å²) in [4.78, 5) is 24.7. The van der Waals surface area contributed by atoms with Gasteiger partial charge >= 0.3 is 0 Å². The van der Waals surface area contributed by atoms with Crippen LogP contribution in [0.2, 0.25) is 5.02 Å². The van der Waals surface area contributed by atoms with Gasteiger partial charge < -0.3 is 4.52 Å². The third kappa shape index (κ3) is 4.29. The summed E-state index contributed by atoms with van der Waals surface area (Å²) in [6.45, 7) is 1.96. The zero-order valence-electron chi connectivity index (χ0n) is 17.3. The Labute approximate surface area is 207 Å². The predicted molar refractivity (Wildman–Crippen MR) is 134 cm³/mol. The number of fused-ring (bicyclic) bond motifs is 1. The second kappa shape index (κ2) is 9.05. The smallest absolute Gasteiger partial charge is 0.266 e. The second-order valence-corrected chi connectivity index (χ2v) is 9.60. The molecule has 5 rings (SSSR count). The van der Waals surface area contributed by atoms with Gasteiger partial charge in [-0.1, -0.05) is 68.3 Å². The Kier molecular flexibility index (Phi) is 5.97. The summed E-state index contributed by atoms with van der Waals surface area (Å²) in [6.07, 6.45) is 1.70. The summed E-state index contributed by atoms with van der Waals surface area (Å²) in [5.41, 5.74) is 2.92. The number of nitrogens with zero attached hydrogens (tertiary/aromatic N) is 4. The monoisotopic (exact) mass is 538 g/mol. The van der Waals surface area contributed by atoms with E-state index in [0.717, 1.165) is 20.4 Å². The number of halogens is 2. The number of pyridine rings is 1. The fourth-order valence-electron chi connectivity index (χ4n) is 3.48. The Balaban J connectivity index is 1.63. The quantitative estimate of drug-likeness (QED) is 0.242. The van der Waals surface area contributed by atoms with E-state index < -0.39 is 0 Å². The van der Waals surface area contributed by atoms with E-state index in [1.54, 1.807) is 24.1 Å². The van der Waals surface area contributed by atoms with E-state index in [0.29, 0.717) is 32.7 Å². The van der Waals surface area contributed by atoms with Gasteiger partial charge in [0.15, 0.2) is 5.13 Å². The van der Waals surface area contributed by atoms with Crippen molar-refractivity contribution in [1.29, 1.82) is 0 Å². The number of amides is 1. The molecule has 6 nitrogen and oxygen atoms in total. The van der Waals surface area contributed by atoms with Gasteiger partial charge in [-0.15, -0.1) is 0 Å². The summed E-state index contributed by atoms with van der Waals surface area (Å²) < 4.78 is 7.35. The third-order valence-corrected chi connectivity index (χ3v) is 6.93. The van der Waals surface area contributed by atoms with Gasteiger partial charge in [0.2, 0.25) is 0 Å². The summed E-state index contributed by atoms with van der Waals surface area (Å²) in [5.74, 6) is 0.122. The van der Waals surface area contributed by atoms with Crippen molar-refractivity contribution in [2.24, 2.45) is 0 Å². The van der Waals surface area contributed by atoms with Crippen LogP contribution in [-0.2, 0) is 6.54 Å². The minimum Gasteiger partial charge on any atom is -0.360 e. The number of carbonyl (C=O) groups is 1. The van der Waals surface area contributed by atoms with Gasteiger partial charge in [0.05, 0.1) is 27.5 Å². The van der Waals surface area contributed by atoms with E-state index >= 15 is 0 Å². The number of benzene rings is 2. The van der Waals surface area contributed by atoms with Crippen LogP contribution in [0.5, 0.6) is 0 Å². The Morgan fingerprint density at radius 2 is 1.97 bits per heavy atom. The average Bonchev–Trinajstić information content (AvgIpc) is 3.41. The van der Waals surface area contributed by atoms with Crippen LogP contribution in [0.1, 0.15) is 21.8 Å². The highest BCUT2D eigenvalue weighted by atomic mass is 79.9. The van der Waals surface area contributed by atoms with Crippen molar-refractivity contribution in [3.05, 3.63) is 93.4 Å². The van der Waals surface area contributed by atoms with E-state index in [1.807, 2.05) is 54.6 Å². The van der Waals surface area contributed by atoms with Crippen LogP contribution in [0, 0.1) is 6.92 Å². The maximum absolute atomic E-state index is 14.0. The van der Waals surface area contributed by atoms with Gasteiger partial charge in [0.1, 0.15) is 17.0 Å². The summed E-state index contributed by atoms with van der Waals surface area (Å²) >= 11 is 11.3. The van der Waals surface area contributed by atoms with Crippen molar-refractivity contribution in [1.82, 2.24) is 15.1 Å². The van der Waals surface area contributed by atoms with Crippen LogP contribution >= 0.6 is 38.9 Å². The Morgan fingerprint density at radius 1 is 1.15 bits per heavy atom. The molecule has 0 saturated heterocycles. The number of hydrogen-bond donors (Lipinski definition) is 0. The Bertz CT molecular complexity index is 1470. The number of hydrogen-bond acceptors (Lipinski definition) is 6. The number of aromatic nitrogens is 3. The maximum atomic E-state index is 14.0. The van der Waals surface area contributed by atoms with Crippen molar-refractivity contribution < 1.29 is 9.32 Å². The molecule has 3 heterocycles. The molecule has 1 amide bonds. The Hall–Kier alpha value is -3.07. The molecule has 9 heteroatoms. The lowest BCUT2D eigenvalue weighted by Crippen LogP contribution is -2.31. The minimum atomic E-state index is -0.285. The molecule has 0 bridgehead atoms. The van der Waals surface area contributed by atoms with Gasteiger partial charge in [-0.25, -0.2) is 4.98 Å². The van der Waals surface area contributed by atoms with Gasteiger partial charge in [-0.2, -0.15) is 0 Å². The number of thiazole rings is 1. The highest BCUT2D eigenvalue weighted by Gasteiger charge is 2.30. The standard InChI is InChI=1S/C24H16BrClN4O2S/c1-14-21(22(29-32-14)17-7-2-3-8-18(17)26)23(31)30(13-16-6-4-5-11-27-16)24-28-19-10-9-15(25)12-20(19)33-24/h2-12H,13H2,1H3. The molecular weight excluding hydrogens is 524 g/mol. The SMILES string of the molecule is Cc1onc(-c2ccccc2Cl)c1C(=O)N(Cc1ccccn1)c1nc2ccc(Br)cc2s1. The first kappa shape index (κ1) is 21.8. The normalized spacial score (nSPS) is 11.1. The largest absolute Gasteiger partial charge is 0.360 e. The number of rotatable bonds is 5. The van der Waals surface area contributed by atoms with E-state index in [9.17, 15) is 4.79 Å². The van der Waals surface area contributed by atoms with Crippen molar-refractivity contribution in [2.75, 3.05) is 4.90 Å².